The average molecular weight is 294 g/mol. The minimum Gasteiger partial charge on any atom is -0.461 e. The molecule has 0 radical (unpaired) electrons. The zero-order valence-electron chi connectivity index (χ0n) is 12.7. The molecular formula is C18H18N2O2. The molecule has 1 heterocycles. The van der Waals surface area contributed by atoms with Crippen LogP contribution in [-0.2, 0) is 11.3 Å². The largest absolute Gasteiger partial charge is 0.461 e. The van der Waals surface area contributed by atoms with Crippen LogP contribution in [0.5, 0.6) is 0 Å². The van der Waals surface area contributed by atoms with Crippen LogP contribution in [0.2, 0.25) is 0 Å². The molecule has 0 saturated carbocycles. The maximum absolute atomic E-state index is 11.7. The molecule has 4 heteroatoms. The molecule has 0 spiro atoms. The second-order valence-electron chi connectivity index (χ2n) is 5.20. The first-order chi connectivity index (χ1) is 10.7. The van der Waals surface area contributed by atoms with E-state index in [9.17, 15) is 4.79 Å². The van der Waals surface area contributed by atoms with Crippen molar-refractivity contribution in [1.29, 1.82) is 0 Å². The van der Waals surface area contributed by atoms with Gasteiger partial charge in [-0.1, -0.05) is 36.4 Å². The molecule has 0 atom stereocenters. The maximum atomic E-state index is 11.7. The molecule has 0 aliphatic carbocycles. The van der Waals surface area contributed by atoms with Crippen LogP contribution in [0.1, 0.15) is 28.8 Å². The highest BCUT2D eigenvalue weighted by atomic mass is 16.5. The zero-order valence-corrected chi connectivity index (χ0v) is 12.7. The lowest BCUT2D eigenvalue weighted by atomic mass is 10.1. The summed E-state index contributed by atoms with van der Waals surface area (Å²) in [6.07, 6.45) is 1.75. The molecule has 112 valence electrons. The molecule has 0 saturated heterocycles. The Hall–Kier alpha value is -2.62. The molecule has 4 nitrogen and oxygen atoms in total. The summed E-state index contributed by atoms with van der Waals surface area (Å²) in [7, 11) is 0. The van der Waals surface area contributed by atoms with Crippen molar-refractivity contribution in [3.8, 4) is 0 Å². The summed E-state index contributed by atoms with van der Waals surface area (Å²) in [6.45, 7) is 4.72. The van der Waals surface area contributed by atoms with Crippen LogP contribution in [0.3, 0.4) is 0 Å². The Morgan fingerprint density at radius 3 is 2.73 bits per heavy atom. The van der Waals surface area contributed by atoms with Gasteiger partial charge in [0.1, 0.15) is 5.82 Å². The summed E-state index contributed by atoms with van der Waals surface area (Å²) in [4.78, 5) is 16.0. The SMILES string of the molecule is CCOC(=O)c1cn(Cc2ccc3ccccc3c2)c(C)n1. The van der Waals surface area contributed by atoms with Crippen LogP contribution >= 0.6 is 0 Å². The predicted molar refractivity (Wildman–Crippen MR) is 86.0 cm³/mol. The number of carbonyl (C=O) groups is 1. The molecule has 2 aromatic carbocycles. The Labute approximate surface area is 129 Å². The third-order valence-electron chi connectivity index (χ3n) is 3.63. The van der Waals surface area contributed by atoms with Gasteiger partial charge in [0, 0.05) is 12.7 Å². The summed E-state index contributed by atoms with van der Waals surface area (Å²) in [5, 5.41) is 2.43. The molecule has 0 unspecified atom stereocenters. The van der Waals surface area contributed by atoms with Crippen molar-refractivity contribution in [3.05, 3.63) is 65.7 Å². The second-order valence-corrected chi connectivity index (χ2v) is 5.20. The third kappa shape index (κ3) is 2.86. The van der Waals surface area contributed by atoms with Crippen molar-refractivity contribution < 1.29 is 9.53 Å². The molecule has 0 aliphatic rings. The average Bonchev–Trinajstić information content (AvgIpc) is 2.89. The van der Waals surface area contributed by atoms with E-state index < -0.39 is 0 Å². The van der Waals surface area contributed by atoms with Gasteiger partial charge < -0.3 is 9.30 Å². The molecule has 0 fully saturated rings. The van der Waals surface area contributed by atoms with Crippen LogP contribution in [0, 0.1) is 6.92 Å². The quantitative estimate of drug-likeness (QED) is 0.691. The van der Waals surface area contributed by atoms with E-state index in [1.54, 1.807) is 13.1 Å². The van der Waals surface area contributed by atoms with Gasteiger partial charge in [-0.15, -0.1) is 0 Å². The lowest BCUT2D eigenvalue weighted by Gasteiger charge is -2.06. The van der Waals surface area contributed by atoms with Crippen molar-refractivity contribution in [1.82, 2.24) is 9.55 Å². The van der Waals surface area contributed by atoms with Crippen molar-refractivity contribution in [2.75, 3.05) is 6.61 Å². The van der Waals surface area contributed by atoms with Crippen LogP contribution in [-0.4, -0.2) is 22.1 Å². The monoisotopic (exact) mass is 294 g/mol. The van der Waals surface area contributed by atoms with Crippen LogP contribution in [0.4, 0.5) is 0 Å². The number of aryl methyl sites for hydroxylation is 1. The number of hydrogen-bond acceptors (Lipinski definition) is 3. The number of hydrogen-bond donors (Lipinski definition) is 0. The van der Waals surface area contributed by atoms with E-state index in [-0.39, 0.29) is 5.97 Å². The van der Waals surface area contributed by atoms with Crippen molar-refractivity contribution in [3.63, 3.8) is 0 Å². The fraction of sp³-hybridized carbons (Fsp3) is 0.222. The number of nitrogens with zero attached hydrogens (tertiary/aromatic N) is 2. The minimum atomic E-state index is -0.372. The fourth-order valence-electron chi connectivity index (χ4n) is 2.51. The highest BCUT2D eigenvalue weighted by Gasteiger charge is 2.13. The van der Waals surface area contributed by atoms with E-state index in [4.69, 9.17) is 4.74 Å². The number of esters is 1. The Bertz CT molecular complexity index is 821. The van der Waals surface area contributed by atoms with E-state index in [0.717, 1.165) is 5.82 Å². The predicted octanol–water partition coefficient (Wildman–Crippen LogP) is 3.57. The fourth-order valence-corrected chi connectivity index (χ4v) is 2.51. The summed E-state index contributed by atoms with van der Waals surface area (Å²) in [5.41, 5.74) is 1.54. The standard InChI is InChI=1S/C18H18N2O2/c1-3-22-18(21)17-12-20(13(2)19-17)11-14-8-9-15-6-4-5-7-16(15)10-14/h4-10,12H,3,11H2,1-2H3. The van der Waals surface area contributed by atoms with E-state index in [2.05, 4.69) is 35.3 Å². The first-order valence-corrected chi connectivity index (χ1v) is 7.36. The summed E-state index contributed by atoms with van der Waals surface area (Å²) < 4.78 is 6.96. The minimum absolute atomic E-state index is 0.357. The van der Waals surface area contributed by atoms with Gasteiger partial charge in [0.05, 0.1) is 6.61 Å². The number of benzene rings is 2. The summed E-state index contributed by atoms with van der Waals surface area (Å²) in [6, 6.07) is 14.7. The molecule has 0 aliphatic heterocycles. The number of imidazole rings is 1. The van der Waals surface area contributed by atoms with Gasteiger partial charge in [-0.05, 0) is 36.2 Å². The molecule has 1 aromatic heterocycles. The normalized spacial score (nSPS) is 10.8. The first kappa shape index (κ1) is 14.3. The zero-order chi connectivity index (χ0) is 15.5. The van der Waals surface area contributed by atoms with Gasteiger partial charge in [0.15, 0.2) is 5.69 Å². The van der Waals surface area contributed by atoms with Gasteiger partial charge in [0.25, 0.3) is 0 Å². The van der Waals surface area contributed by atoms with Crippen molar-refractivity contribution in [2.24, 2.45) is 0 Å². The molecule has 0 bridgehead atoms. The van der Waals surface area contributed by atoms with Crippen LogP contribution in [0.15, 0.2) is 48.7 Å². The van der Waals surface area contributed by atoms with Gasteiger partial charge in [-0.25, -0.2) is 9.78 Å². The van der Waals surface area contributed by atoms with E-state index in [0.29, 0.717) is 18.8 Å². The molecule has 22 heavy (non-hydrogen) atoms. The maximum Gasteiger partial charge on any atom is 0.358 e. The van der Waals surface area contributed by atoms with E-state index >= 15 is 0 Å². The molecule has 3 rings (SSSR count). The number of carbonyl (C=O) groups excluding carboxylic acids is 1. The van der Waals surface area contributed by atoms with Crippen LogP contribution in [0.25, 0.3) is 10.8 Å². The lowest BCUT2D eigenvalue weighted by Crippen LogP contribution is -2.05. The number of rotatable bonds is 4. The number of aromatic nitrogens is 2. The summed E-state index contributed by atoms with van der Waals surface area (Å²) in [5.74, 6) is 0.430. The Morgan fingerprint density at radius 2 is 1.95 bits per heavy atom. The molecule has 0 N–H and O–H groups in total. The second kappa shape index (κ2) is 6.02. The number of fused-ring (bicyclic) bond motifs is 1. The smallest absolute Gasteiger partial charge is 0.358 e. The van der Waals surface area contributed by atoms with Gasteiger partial charge in [-0.3, -0.25) is 0 Å². The lowest BCUT2D eigenvalue weighted by molar-refractivity contribution is 0.0520. The van der Waals surface area contributed by atoms with Crippen LogP contribution < -0.4 is 0 Å². The molecule has 0 amide bonds. The Balaban J connectivity index is 1.86. The topological polar surface area (TPSA) is 44.1 Å². The Morgan fingerprint density at radius 1 is 1.18 bits per heavy atom. The van der Waals surface area contributed by atoms with Gasteiger partial charge in [0.2, 0.25) is 0 Å². The highest BCUT2D eigenvalue weighted by Crippen LogP contribution is 2.17. The Kier molecular flexibility index (Phi) is 3.92. The molecular weight excluding hydrogens is 276 g/mol. The van der Waals surface area contributed by atoms with Gasteiger partial charge in [-0.2, -0.15) is 0 Å². The molecule has 3 aromatic rings. The summed E-state index contributed by atoms with van der Waals surface area (Å²) >= 11 is 0. The highest BCUT2D eigenvalue weighted by molar-refractivity contribution is 5.87. The van der Waals surface area contributed by atoms with Crippen molar-refractivity contribution in [2.45, 2.75) is 20.4 Å². The van der Waals surface area contributed by atoms with E-state index in [1.165, 1.54) is 16.3 Å². The van der Waals surface area contributed by atoms with Gasteiger partial charge >= 0.3 is 5.97 Å². The third-order valence-corrected chi connectivity index (χ3v) is 3.63. The number of ether oxygens (including phenoxy) is 1. The first-order valence-electron chi connectivity index (χ1n) is 7.36. The van der Waals surface area contributed by atoms with Crippen molar-refractivity contribution >= 4 is 16.7 Å². The van der Waals surface area contributed by atoms with E-state index in [1.807, 2.05) is 23.6 Å².